The molecule has 1 saturated carbocycles. The van der Waals surface area contributed by atoms with Crippen LogP contribution in [0, 0.1) is 16.7 Å². The van der Waals surface area contributed by atoms with E-state index in [4.69, 9.17) is 0 Å². The van der Waals surface area contributed by atoms with E-state index >= 15 is 0 Å². The molecule has 0 aliphatic heterocycles. The van der Waals surface area contributed by atoms with Gasteiger partial charge in [-0.2, -0.15) is 0 Å². The van der Waals surface area contributed by atoms with Crippen molar-refractivity contribution in [2.45, 2.75) is 84.0 Å². The minimum absolute atomic E-state index is 0.165. The first-order chi connectivity index (χ1) is 12.6. The molecule has 0 radical (unpaired) electrons. The number of hydrogen-bond acceptors (Lipinski definition) is 3. The molecule has 0 N–H and O–H groups in total. The van der Waals surface area contributed by atoms with Crippen molar-refractivity contribution in [2.75, 3.05) is 6.26 Å². The molecule has 2 atom stereocenters. The Morgan fingerprint density at radius 1 is 1.07 bits per heavy atom. The number of thioether (sulfide) groups is 1. The molecule has 0 amide bonds. The van der Waals surface area contributed by atoms with Crippen LogP contribution in [0.4, 0.5) is 0 Å². The van der Waals surface area contributed by atoms with Crippen molar-refractivity contribution in [3.63, 3.8) is 0 Å². The second-order valence-electron chi connectivity index (χ2n) is 9.59. The number of carbonyl (C=O) groups excluding carboxylic acids is 2. The van der Waals surface area contributed by atoms with Gasteiger partial charge < -0.3 is 0 Å². The Balaban J connectivity index is 1.92. The van der Waals surface area contributed by atoms with Gasteiger partial charge in [-0.3, -0.25) is 9.59 Å². The van der Waals surface area contributed by atoms with E-state index < -0.39 is 0 Å². The molecule has 27 heavy (non-hydrogen) atoms. The van der Waals surface area contributed by atoms with E-state index in [9.17, 15) is 9.59 Å². The number of Topliss-reactive ketones (excluding diaryl/α,β-unsaturated/α-hetero) is 2. The second kappa shape index (κ2) is 9.41. The minimum atomic E-state index is 0.165. The van der Waals surface area contributed by atoms with E-state index in [-0.39, 0.29) is 10.8 Å². The van der Waals surface area contributed by atoms with E-state index in [1.165, 1.54) is 4.90 Å². The first kappa shape index (κ1) is 22.2. The van der Waals surface area contributed by atoms with Gasteiger partial charge in [0.25, 0.3) is 0 Å². The number of ketones is 2. The maximum atomic E-state index is 12.6. The Hall–Kier alpha value is -1.09. The van der Waals surface area contributed by atoms with Crippen LogP contribution < -0.4 is 0 Å². The van der Waals surface area contributed by atoms with Gasteiger partial charge in [0, 0.05) is 30.6 Å². The second-order valence-corrected chi connectivity index (χ2v) is 10.5. The Morgan fingerprint density at radius 3 is 2.33 bits per heavy atom. The van der Waals surface area contributed by atoms with Gasteiger partial charge in [-0.25, -0.2) is 0 Å². The zero-order valence-corrected chi connectivity index (χ0v) is 18.6. The lowest BCUT2D eigenvalue weighted by Gasteiger charge is -2.47. The van der Waals surface area contributed by atoms with Gasteiger partial charge in [-0.05, 0) is 66.4 Å². The fourth-order valence-corrected chi connectivity index (χ4v) is 5.56. The summed E-state index contributed by atoms with van der Waals surface area (Å²) < 4.78 is 0. The van der Waals surface area contributed by atoms with Crippen LogP contribution in [-0.2, 0) is 16.0 Å². The maximum Gasteiger partial charge on any atom is 0.137 e. The maximum absolute atomic E-state index is 12.6. The first-order valence-electron chi connectivity index (χ1n) is 10.3. The highest BCUT2D eigenvalue weighted by atomic mass is 32.2. The predicted octanol–water partition coefficient (Wildman–Crippen LogP) is 6.50. The molecule has 1 aromatic rings. The first-order valence-corrected chi connectivity index (χ1v) is 11.5. The third-order valence-electron chi connectivity index (χ3n) is 6.01. The lowest BCUT2D eigenvalue weighted by Crippen LogP contribution is -2.37. The van der Waals surface area contributed by atoms with Gasteiger partial charge >= 0.3 is 0 Å². The highest BCUT2D eigenvalue weighted by molar-refractivity contribution is 7.98. The van der Waals surface area contributed by atoms with Crippen LogP contribution in [0.15, 0.2) is 29.2 Å². The average Bonchev–Trinajstić information content (AvgIpc) is 2.59. The summed E-state index contributed by atoms with van der Waals surface area (Å²) in [6.07, 6.45) is 8.89. The zero-order chi connectivity index (χ0) is 20.1. The fraction of sp³-hybridized carbons (Fsp3) is 0.667. The SMILES string of the molecule is CCC(=O)CC1CC(C)(C)CC(C)(CCC(=O)Cc2ccc(SC)cc2)C1. The smallest absolute Gasteiger partial charge is 0.137 e. The van der Waals surface area contributed by atoms with E-state index in [1.54, 1.807) is 11.8 Å². The van der Waals surface area contributed by atoms with Gasteiger partial charge in [0.05, 0.1) is 0 Å². The molecule has 0 heterocycles. The highest BCUT2D eigenvalue weighted by Crippen LogP contribution is 2.51. The van der Waals surface area contributed by atoms with E-state index in [0.29, 0.717) is 43.2 Å². The van der Waals surface area contributed by atoms with Gasteiger partial charge in [0.1, 0.15) is 11.6 Å². The van der Waals surface area contributed by atoms with Crippen molar-refractivity contribution in [2.24, 2.45) is 16.7 Å². The quantitative estimate of drug-likeness (QED) is 0.453. The Labute approximate surface area is 169 Å². The molecular weight excluding hydrogens is 352 g/mol. The van der Waals surface area contributed by atoms with Crippen molar-refractivity contribution in [3.8, 4) is 0 Å². The monoisotopic (exact) mass is 388 g/mol. The van der Waals surface area contributed by atoms with Crippen LogP contribution in [-0.4, -0.2) is 17.8 Å². The van der Waals surface area contributed by atoms with Crippen LogP contribution in [0.1, 0.15) is 78.2 Å². The van der Waals surface area contributed by atoms with Crippen molar-refractivity contribution in [1.82, 2.24) is 0 Å². The summed E-state index contributed by atoms with van der Waals surface area (Å²) in [7, 11) is 0. The Bertz CT molecular complexity index is 647. The van der Waals surface area contributed by atoms with Gasteiger partial charge in [0.2, 0.25) is 0 Å². The van der Waals surface area contributed by atoms with Crippen LogP contribution >= 0.6 is 11.8 Å². The molecule has 150 valence electrons. The summed E-state index contributed by atoms with van der Waals surface area (Å²) in [6, 6.07) is 8.32. The molecular formula is C24H36O2S. The zero-order valence-electron chi connectivity index (χ0n) is 17.8. The van der Waals surface area contributed by atoms with E-state index in [1.807, 2.05) is 6.92 Å². The van der Waals surface area contributed by atoms with Gasteiger partial charge in [-0.1, -0.05) is 39.8 Å². The molecule has 0 aromatic heterocycles. The predicted molar refractivity (Wildman–Crippen MR) is 115 cm³/mol. The summed E-state index contributed by atoms with van der Waals surface area (Å²) in [4.78, 5) is 25.8. The fourth-order valence-electron chi connectivity index (χ4n) is 5.15. The number of hydrogen-bond donors (Lipinski definition) is 0. The number of benzene rings is 1. The summed E-state index contributed by atoms with van der Waals surface area (Å²) in [5.74, 6) is 1.18. The average molecular weight is 389 g/mol. The number of rotatable bonds is 9. The molecule has 2 rings (SSSR count). The van der Waals surface area contributed by atoms with Crippen molar-refractivity contribution < 1.29 is 9.59 Å². The normalized spacial score (nSPS) is 24.6. The third kappa shape index (κ3) is 7.10. The topological polar surface area (TPSA) is 34.1 Å². The van der Waals surface area contributed by atoms with Crippen molar-refractivity contribution in [1.29, 1.82) is 0 Å². The molecule has 3 heteroatoms. The lowest BCUT2D eigenvalue weighted by atomic mass is 9.58. The largest absolute Gasteiger partial charge is 0.300 e. The molecule has 0 spiro atoms. The summed E-state index contributed by atoms with van der Waals surface area (Å²) in [5, 5.41) is 0. The Kier molecular flexibility index (Phi) is 7.73. The van der Waals surface area contributed by atoms with Gasteiger partial charge in [-0.15, -0.1) is 11.8 Å². The number of carbonyl (C=O) groups is 2. The molecule has 0 bridgehead atoms. The van der Waals surface area contributed by atoms with Crippen molar-refractivity contribution >= 4 is 23.3 Å². The molecule has 0 saturated heterocycles. The van der Waals surface area contributed by atoms with Crippen molar-refractivity contribution in [3.05, 3.63) is 29.8 Å². The highest BCUT2D eigenvalue weighted by Gasteiger charge is 2.41. The molecule has 1 aromatic carbocycles. The Morgan fingerprint density at radius 2 is 1.74 bits per heavy atom. The standard InChI is InChI=1S/C24H36O2S/c1-6-20(25)14-19-15-23(2,3)17-24(4,16-19)12-11-21(26)13-18-7-9-22(27-5)10-8-18/h7-10,19H,6,11-17H2,1-5H3. The third-order valence-corrected chi connectivity index (χ3v) is 6.75. The minimum Gasteiger partial charge on any atom is -0.300 e. The van der Waals surface area contributed by atoms with Crippen LogP contribution in [0.3, 0.4) is 0 Å². The van der Waals surface area contributed by atoms with Gasteiger partial charge in [0.15, 0.2) is 0 Å². The summed E-state index contributed by atoms with van der Waals surface area (Å²) in [5.41, 5.74) is 1.53. The lowest BCUT2D eigenvalue weighted by molar-refractivity contribution is -0.122. The summed E-state index contributed by atoms with van der Waals surface area (Å²) >= 11 is 1.72. The summed E-state index contributed by atoms with van der Waals surface area (Å²) in [6.45, 7) is 8.93. The van der Waals surface area contributed by atoms with E-state index in [2.05, 4.69) is 51.3 Å². The van der Waals surface area contributed by atoms with Crippen LogP contribution in [0.2, 0.25) is 0 Å². The van der Waals surface area contributed by atoms with E-state index in [0.717, 1.165) is 31.2 Å². The molecule has 2 unspecified atom stereocenters. The van der Waals surface area contributed by atoms with Crippen LogP contribution in [0.5, 0.6) is 0 Å². The molecule has 1 aliphatic rings. The molecule has 2 nitrogen and oxygen atoms in total. The van der Waals surface area contributed by atoms with Crippen LogP contribution in [0.25, 0.3) is 0 Å². The molecule has 1 aliphatic carbocycles. The molecule has 1 fully saturated rings.